The van der Waals surface area contributed by atoms with Crippen molar-refractivity contribution in [2.45, 2.75) is 11.4 Å². The van der Waals surface area contributed by atoms with Gasteiger partial charge in [-0.25, -0.2) is 18.1 Å². The Kier molecular flexibility index (Phi) is 8.39. The minimum atomic E-state index is -3.86. The van der Waals surface area contributed by atoms with E-state index in [1.54, 1.807) is 42.5 Å². The van der Waals surface area contributed by atoms with Gasteiger partial charge in [-0.2, -0.15) is 0 Å². The summed E-state index contributed by atoms with van der Waals surface area (Å²) in [5, 5.41) is 2.58. The predicted octanol–water partition coefficient (Wildman–Crippen LogP) is 6.19. The molecular weight excluding hydrogens is 521 g/mol. The molecule has 33 heavy (non-hydrogen) atoms. The van der Waals surface area contributed by atoms with Gasteiger partial charge in [0.2, 0.25) is 10.0 Å². The highest BCUT2D eigenvalue weighted by molar-refractivity contribution is 7.89. The second-order valence-electron chi connectivity index (χ2n) is 6.97. The molecule has 0 spiro atoms. The van der Waals surface area contributed by atoms with Crippen molar-refractivity contribution < 1.29 is 8.42 Å². The van der Waals surface area contributed by atoms with Crippen LogP contribution in [0.4, 0.5) is 5.69 Å². The molecular formula is C23H20Cl3N3O2S2. The lowest BCUT2D eigenvalue weighted by atomic mass is 10.2. The molecule has 0 fully saturated rings. The molecule has 0 aliphatic heterocycles. The zero-order chi connectivity index (χ0) is 22.7. The fourth-order valence-electron chi connectivity index (χ4n) is 3.11. The van der Waals surface area contributed by atoms with Crippen LogP contribution >= 0.6 is 46.9 Å². The number of nitrogens with one attached hydrogen (secondary N) is 1. The molecule has 1 heterocycles. The van der Waals surface area contributed by atoms with Gasteiger partial charge in [0.1, 0.15) is 4.90 Å². The number of hydrogen-bond acceptors (Lipinski definition) is 4. The smallest absolute Gasteiger partial charge is 0.242 e. The summed E-state index contributed by atoms with van der Waals surface area (Å²) in [6.45, 7) is 0.0644. The van der Waals surface area contributed by atoms with Crippen LogP contribution in [0.25, 0.3) is 11.3 Å². The normalized spacial score (nSPS) is 11.9. The largest absolute Gasteiger partial charge is 0.320 e. The number of sulfonamides is 1. The number of nitrogens with zero attached hydrogens (tertiary/aromatic N) is 2. The van der Waals surface area contributed by atoms with Gasteiger partial charge in [0.05, 0.1) is 16.4 Å². The van der Waals surface area contributed by atoms with Crippen LogP contribution < -0.4 is 9.52 Å². The van der Waals surface area contributed by atoms with Crippen LogP contribution in [-0.4, -0.2) is 13.0 Å². The third kappa shape index (κ3) is 5.87. The summed E-state index contributed by atoms with van der Waals surface area (Å²) in [6, 6.07) is 21.7. The van der Waals surface area contributed by atoms with E-state index in [0.717, 1.165) is 21.7 Å². The summed E-state index contributed by atoms with van der Waals surface area (Å²) in [7, 11) is -1.97. The van der Waals surface area contributed by atoms with Crippen LogP contribution in [0.2, 0.25) is 10.0 Å². The quantitative estimate of drug-likeness (QED) is 0.317. The van der Waals surface area contributed by atoms with Crippen molar-refractivity contribution in [2.75, 3.05) is 0 Å². The van der Waals surface area contributed by atoms with Crippen LogP contribution in [0.5, 0.6) is 0 Å². The van der Waals surface area contributed by atoms with Crippen molar-refractivity contribution in [1.29, 1.82) is 0 Å². The number of hydrogen-bond donors (Lipinski definition) is 1. The molecule has 0 bridgehead atoms. The fraction of sp³-hybridized carbons (Fsp3) is 0.0870. The summed E-state index contributed by atoms with van der Waals surface area (Å²) < 4.78 is 30.5. The fourth-order valence-corrected chi connectivity index (χ4v) is 5.77. The molecule has 1 aromatic heterocycles. The molecule has 10 heteroatoms. The Labute approximate surface area is 212 Å². The molecule has 1 N–H and O–H groups in total. The molecule has 0 atom stereocenters. The van der Waals surface area contributed by atoms with E-state index in [1.165, 1.54) is 11.3 Å². The first-order chi connectivity index (χ1) is 15.3. The van der Waals surface area contributed by atoms with Crippen molar-refractivity contribution in [2.24, 2.45) is 12.0 Å². The summed E-state index contributed by atoms with van der Waals surface area (Å²) in [4.78, 5) is 5.46. The second-order valence-corrected chi connectivity index (χ2v) is 10.4. The third-order valence-electron chi connectivity index (χ3n) is 4.83. The highest BCUT2D eigenvalue weighted by Gasteiger charge is 2.20. The topological polar surface area (TPSA) is 63.5 Å². The van der Waals surface area contributed by atoms with Crippen LogP contribution in [0.15, 0.2) is 88.1 Å². The van der Waals surface area contributed by atoms with Crippen LogP contribution in [-0.2, 0) is 23.6 Å². The molecule has 0 aliphatic carbocycles. The number of thiazole rings is 1. The Bertz CT molecular complexity index is 1430. The van der Waals surface area contributed by atoms with Gasteiger partial charge >= 0.3 is 0 Å². The first-order valence-electron chi connectivity index (χ1n) is 9.62. The summed E-state index contributed by atoms with van der Waals surface area (Å²) >= 11 is 13.9. The van der Waals surface area contributed by atoms with E-state index in [0.29, 0.717) is 10.6 Å². The number of para-hydroxylation sites is 1. The van der Waals surface area contributed by atoms with Crippen LogP contribution in [0.3, 0.4) is 0 Å². The van der Waals surface area contributed by atoms with Gasteiger partial charge in [-0.05, 0) is 35.9 Å². The van der Waals surface area contributed by atoms with E-state index < -0.39 is 10.0 Å². The minimum Gasteiger partial charge on any atom is -0.320 e. The first kappa shape index (κ1) is 25.5. The number of halogens is 3. The average molecular weight is 541 g/mol. The first-order valence-corrected chi connectivity index (χ1v) is 12.7. The lowest BCUT2D eigenvalue weighted by Crippen LogP contribution is -2.23. The van der Waals surface area contributed by atoms with Gasteiger partial charge in [0.15, 0.2) is 4.80 Å². The minimum absolute atomic E-state index is 0. The molecule has 4 rings (SSSR count). The predicted molar refractivity (Wildman–Crippen MR) is 138 cm³/mol. The van der Waals surface area contributed by atoms with Gasteiger partial charge < -0.3 is 4.57 Å². The molecule has 3 aromatic carbocycles. The van der Waals surface area contributed by atoms with Gasteiger partial charge in [0.25, 0.3) is 0 Å². The number of benzene rings is 3. The molecule has 0 amide bonds. The second kappa shape index (κ2) is 10.9. The molecule has 0 saturated heterocycles. The highest BCUT2D eigenvalue weighted by atomic mass is 35.5. The zero-order valence-corrected chi connectivity index (χ0v) is 21.4. The van der Waals surface area contributed by atoms with Crippen LogP contribution in [0, 0.1) is 0 Å². The maximum absolute atomic E-state index is 13.0. The maximum Gasteiger partial charge on any atom is 0.242 e. The monoisotopic (exact) mass is 539 g/mol. The van der Waals surface area contributed by atoms with Gasteiger partial charge in [0, 0.05) is 29.6 Å². The van der Waals surface area contributed by atoms with E-state index in [4.69, 9.17) is 23.2 Å². The van der Waals surface area contributed by atoms with E-state index in [2.05, 4.69) is 9.71 Å². The average Bonchev–Trinajstić information content (AvgIpc) is 3.14. The molecule has 4 aromatic rings. The molecule has 0 saturated carbocycles. The Balaban J connectivity index is 0.00000306. The van der Waals surface area contributed by atoms with E-state index >= 15 is 0 Å². The zero-order valence-electron chi connectivity index (χ0n) is 17.4. The lowest BCUT2D eigenvalue weighted by Gasteiger charge is -2.11. The van der Waals surface area contributed by atoms with Gasteiger partial charge in [-0.15, -0.1) is 23.7 Å². The third-order valence-corrected chi connectivity index (χ3v) is 8.00. The van der Waals surface area contributed by atoms with E-state index in [-0.39, 0.29) is 28.9 Å². The molecule has 0 aliphatic rings. The molecule has 0 unspecified atom stereocenters. The van der Waals surface area contributed by atoms with Gasteiger partial charge in [-0.3, -0.25) is 0 Å². The Morgan fingerprint density at radius 2 is 1.67 bits per heavy atom. The molecule has 5 nitrogen and oxygen atoms in total. The lowest BCUT2D eigenvalue weighted by molar-refractivity contribution is 0.581. The Morgan fingerprint density at radius 1 is 0.970 bits per heavy atom. The number of rotatable bonds is 6. The SMILES string of the molecule is Cl.Cn1c(-c2ccc(Cl)c(S(=O)(=O)NCc3ccccc3Cl)c2)csc1=Nc1ccccc1. The van der Waals surface area contributed by atoms with Gasteiger partial charge in [-0.1, -0.05) is 65.7 Å². The van der Waals surface area contributed by atoms with E-state index in [1.807, 2.05) is 47.3 Å². The van der Waals surface area contributed by atoms with Crippen LogP contribution in [0.1, 0.15) is 5.56 Å². The Morgan fingerprint density at radius 3 is 2.39 bits per heavy atom. The summed E-state index contributed by atoms with van der Waals surface area (Å²) in [6.07, 6.45) is 0. The summed E-state index contributed by atoms with van der Waals surface area (Å²) in [5.41, 5.74) is 3.09. The maximum atomic E-state index is 13.0. The molecule has 172 valence electrons. The summed E-state index contributed by atoms with van der Waals surface area (Å²) in [5.74, 6) is 0. The molecule has 0 radical (unpaired) electrons. The van der Waals surface area contributed by atoms with Crippen molar-refractivity contribution in [3.8, 4) is 11.3 Å². The number of aromatic nitrogens is 1. The standard InChI is InChI=1S/C23H19Cl2N3O2S2.ClH/c1-28-21(15-31-23(28)27-18-8-3-2-4-9-18)16-11-12-20(25)22(13-16)32(29,30)26-14-17-7-5-6-10-19(17)24;/h2-13,15,26H,14H2,1H3;1H. The van der Waals surface area contributed by atoms with Crippen molar-refractivity contribution >= 4 is 62.7 Å². The van der Waals surface area contributed by atoms with Crippen molar-refractivity contribution in [3.63, 3.8) is 0 Å². The Hall–Kier alpha value is -2.13. The highest BCUT2D eigenvalue weighted by Crippen LogP contribution is 2.29. The van der Waals surface area contributed by atoms with E-state index in [9.17, 15) is 8.42 Å². The van der Waals surface area contributed by atoms with Crippen molar-refractivity contribution in [1.82, 2.24) is 9.29 Å². The van der Waals surface area contributed by atoms with Crippen molar-refractivity contribution in [3.05, 3.63) is 98.6 Å².